The minimum absolute atomic E-state index is 0. The van der Waals surface area contributed by atoms with Crippen LogP contribution in [0, 0.1) is 36.5 Å². The third kappa shape index (κ3) is 35.1. The smallest absolute Gasteiger partial charge is 0.351 e. The Morgan fingerprint density at radius 1 is 0.664 bits per heavy atom. The molecule has 34 heteroatoms. The summed E-state index contributed by atoms with van der Waals surface area (Å²) in [5.41, 5.74) is 0.576. The van der Waals surface area contributed by atoms with Crippen LogP contribution >= 0.6 is 28.8 Å². The van der Waals surface area contributed by atoms with E-state index in [1.54, 1.807) is 12.4 Å². The zero-order valence-corrected chi connectivity index (χ0v) is 70.0. The van der Waals surface area contributed by atoms with Gasteiger partial charge in [-0.2, -0.15) is 32.3 Å². The van der Waals surface area contributed by atoms with Crippen LogP contribution in [0.5, 0.6) is 0 Å². The number of carbonyl (C=O) groups excluding carboxylic acids is 3. The molecule has 628 valence electrons. The van der Waals surface area contributed by atoms with Gasteiger partial charge in [0.2, 0.25) is 11.8 Å². The normalized spacial score (nSPS) is 21.9. The quantitative estimate of drug-likeness (QED) is 0.0106. The van der Waals surface area contributed by atoms with Crippen LogP contribution in [0.15, 0.2) is 22.0 Å². The van der Waals surface area contributed by atoms with Crippen LogP contribution in [0.3, 0.4) is 0 Å². The molecule has 110 heavy (non-hydrogen) atoms. The van der Waals surface area contributed by atoms with Gasteiger partial charge in [0.15, 0.2) is 0 Å². The van der Waals surface area contributed by atoms with Crippen LogP contribution in [-0.4, -0.2) is 223 Å². The molecule has 4 saturated heterocycles. The molecule has 0 bridgehead atoms. The molecule has 0 saturated carbocycles. The summed E-state index contributed by atoms with van der Waals surface area (Å²) in [5, 5.41) is 41.5. The third-order valence-electron chi connectivity index (χ3n) is 19.1. The van der Waals surface area contributed by atoms with E-state index in [9.17, 15) is 28.5 Å². The van der Waals surface area contributed by atoms with E-state index >= 15 is 0 Å². The van der Waals surface area contributed by atoms with Gasteiger partial charge in [-0.25, -0.2) is 23.7 Å². The fourth-order valence-corrected chi connectivity index (χ4v) is 18.7. The number of nitrogens with zero attached hydrogens (tertiary/aromatic N) is 9. The molecule has 0 radical (unpaired) electrons. The first kappa shape index (κ1) is 89.1. The van der Waals surface area contributed by atoms with E-state index in [4.69, 9.17) is 57.8 Å². The molecule has 4 fully saturated rings. The van der Waals surface area contributed by atoms with Crippen molar-refractivity contribution in [1.82, 2.24) is 60.1 Å². The molecule has 2 aromatic heterocycles. The van der Waals surface area contributed by atoms with Crippen molar-refractivity contribution in [1.29, 1.82) is 10.5 Å². The van der Waals surface area contributed by atoms with Crippen molar-refractivity contribution in [3.8, 4) is 12.1 Å². The number of hydrogen-bond donors (Lipinski definition) is 7. The molecule has 6 rings (SSSR count). The molecule has 0 spiro atoms. The number of aryl methyl sites for hydroxylation is 2. The molecule has 13 atom stereocenters. The van der Waals surface area contributed by atoms with Crippen molar-refractivity contribution in [3.05, 3.63) is 44.5 Å². The molecule has 0 aromatic carbocycles. The second-order valence-electron chi connectivity index (χ2n) is 29.5. The summed E-state index contributed by atoms with van der Waals surface area (Å²) >= 11 is 1.98. The zero-order chi connectivity index (χ0) is 83.3. The topological polar surface area (TPSA) is 346 Å². The van der Waals surface area contributed by atoms with Gasteiger partial charge in [-0.1, -0.05) is 51.4 Å². The summed E-state index contributed by atoms with van der Waals surface area (Å²) in [6.45, 7) is 25.2. The lowest BCUT2D eigenvalue weighted by Crippen LogP contribution is -2.36. The van der Waals surface area contributed by atoms with E-state index in [-0.39, 0.29) is 89.4 Å². The van der Waals surface area contributed by atoms with E-state index in [1.807, 2.05) is 81.0 Å². The number of nitrogens with one attached hydrogen (secondary N) is 7. The van der Waals surface area contributed by atoms with Gasteiger partial charge in [0.25, 0.3) is 17.1 Å². The van der Waals surface area contributed by atoms with Gasteiger partial charge in [0.05, 0.1) is 81.2 Å². The molecular formula is C76H137FN16O14P2S. The van der Waals surface area contributed by atoms with Gasteiger partial charge in [-0.3, -0.25) is 18.7 Å². The molecular weight excluding hydrogens is 1470 g/mol. The maximum atomic E-state index is 13.3. The number of fused-ring (bicyclic) bond motifs is 1. The Hall–Kier alpha value is -4.83. The second-order valence-corrected chi connectivity index (χ2v) is 33.6. The Kier molecular flexibility index (Phi) is 44.4. The Bertz CT molecular complexity index is 3260. The van der Waals surface area contributed by atoms with Crippen molar-refractivity contribution in [2.75, 3.05) is 117 Å². The number of ether oxygens (including phenoxy) is 5. The van der Waals surface area contributed by atoms with Crippen LogP contribution in [0.1, 0.15) is 240 Å². The molecule has 13 unspecified atom stereocenters. The van der Waals surface area contributed by atoms with E-state index in [1.165, 1.54) is 35.5 Å². The van der Waals surface area contributed by atoms with Crippen LogP contribution in [0.4, 0.5) is 20.9 Å². The van der Waals surface area contributed by atoms with Gasteiger partial charge >= 0.3 is 17.4 Å². The number of amides is 4. The van der Waals surface area contributed by atoms with Crippen molar-refractivity contribution in [3.63, 3.8) is 0 Å². The van der Waals surface area contributed by atoms with Crippen molar-refractivity contribution < 1.29 is 67.6 Å². The lowest BCUT2D eigenvalue weighted by atomic mass is 10.0. The molecule has 30 nitrogen and oxygen atoms in total. The summed E-state index contributed by atoms with van der Waals surface area (Å²) in [6, 6.07) is 5.14. The number of methoxy groups -OCH3 is 3. The van der Waals surface area contributed by atoms with Gasteiger partial charge in [-0.15, -0.1) is 9.60 Å². The maximum Gasteiger partial charge on any atom is 0.351 e. The number of rotatable bonds is 58. The molecule has 6 heterocycles. The SMILES string of the molecule is [2H]C([3H])OCC1OC(n2cc(C)c(NCCCCCCN(F)COC)nc2=O)CC1OP(OCCC#N)N(C(C)C)C(C)C.[2H]C([3H])OCC1OC(n2cc(C)c(NCCCCCCNC(=O)CCCCCNC(=O)CCCCCNCCCCCC3SCC4NC(=O)NC43)nc2=O)CC1OP(OCCC#N)N(C(C)C)C(C)C.[HH]. The summed E-state index contributed by atoms with van der Waals surface area (Å²) in [6.07, 6.45) is 18.9. The Labute approximate surface area is 668 Å². The summed E-state index contributed by atoms with van der Waals surface area (Å²) < 4.78 is 103. The number of aromatic nitrogens is 4. The Balaban J connectivity index is 0.000000532. The molecule has 7 N–H and O–H groups in total. The van der Waals surface area contributed by atoms with Crippen LogP contribution in [0.2, 0.25) is 0 Å². The van der Waals surface area contributed by atoms with Crippen molar-refractivity contribution in [2.24, 2.45) is 0 Å². The van der Waals surface area contributed by atoms with Gasteiger partial charge in [0.1, 0.15) is 43.0 Å². The predicted molar refractivity (Wildman–Crippen MR) is 433 cm³/mol. The number of nitriles is 2. The predicted octanol–water partition coefficient (Wildman–Crippen LogP) is 11.9. The standard InChI is InChI=1S/C48H85N10O8PS.C28H50FN6O6P.H2/c1-35(2)58(36(3)4)67(64-30-20-24-49)66-39-31-44(65-40(39)33-63-6)57-32-37(5)46(56-48(57)62)53-29-18-8-7-17-27-51-43(60)23-14-11-19-28-52-42(59)22-13-10-16-26-50-25-15-9-12-21-41-45-38(34-68-41)54-47(61)55-45;1-21(2)35(22(3)4)42(39-16-12-13-30)41-24-17-26(40-25(24)19-37-6)34-18-23(5)27(32-28(34)36)31-14-10-8-9-11-15-33(29)20-38-7;/h32,35-36,38-41,44-45,50H,7-23,25-31,33-34H2,1-6H3,(H,51,60)(H,52,59)(H,53,56,62)(H2,54,55,61);18,21-22,24-26H,8-12,14-17,19-20H2,1-7H3,(H,31,32,36);1H/i2*6TD;. The number of anilines is 2. The molecule has 4 amide bonds. The first-order valence-corrected chi connectivity index (χ1v) is 43.3. The zero-order valence-electron chi connectivity index (χ0n) is 71.4. The number of hydrogen-bond acceptors (Lipinski definition) is 25. The van der Waals surface area contributed by atoms with E-state index in [0.717, 1.165) is 126 Å². The molecule has 4 aliphatic heterocycles. The first-order valence-electron chi connectivity index (χ1n) is 42.3. The minimum Gasteiger partial charge on any atom is -0.382 e. The average Bonchev–Trinajstić information content (AvgIpc) is 1.65. The lowest BCUT2D eigenvalue weighted by Gasteiger charge is -2.37. The third-order valence-corrected chi connectivity index (χ3v) is 24.9. The molecule has 2 aromatic rings. The van der Waals surface area contributed by atoms with Gasteiger partial charge < -0.3 is 79.0 Å². The summed E-state index contributed by atoms with van der Waals surface area (Å²) in [5.74, 6) is 2.19. The highest BCUT2D eigenvalue weighted by molar-refractivity contribution is 8.00. The van der Waals surface area contributed by atoms with E-state index < -0.39 is 79.4 Å². The lowest BCUT2D eigenvalue weighted by molar-refractivity contribution is -0.122. The van der Waals surface area contributed by atoms with Crippen molar-refractivity contribution >= 4 is 58.3 Å². The highest BCUT2D eigenvalue weighted by Gasteiger charge is 2.45. The van der Waals surface area contributed by atoms with E-state index in [2.05, 4.69) is 68.7 Å². The summed E-state index contributed by atoms with van der Waals surface area (Å²) in [7, 11) is -4.75. The van der Waals surface area contributed by atoms with Gasteiger partial charge in [0, 0.05) is 140 Å². The average molecular weight is 1620 g/mol. The largest absolute Gasteiger partial charge is 0.382 e. The minimum atomic E-state index is -1.61. The molecule has 0 aliphatic carbocycles. The van der Waals surface area contributed by atoms with Crippen LogP contribution < -0.4 is 48.6 Å². The van der Waals surface area contributed by atoms with E-state index in [0.29, 0.717) is 92.5 Å². The Morgan fingerprint density at radius 3 is 1.55 bits per heavy atom. The second kappa shape index (κ2) is 54.9. The number of thioether (sulfide) groups is 1. The monoisotopic (exact) mass is 1620 g/mol. The maximum absolute atomic E-state index is 13.3. The van der Waals surface area contributed by atoms with Crippen LogP contribution in [0.25, 0.3) is 0 Å². The van der Waals surface area contributed by atoms with Crippen molar-refractivity contribution in [2.45, 2.75) is 302 Å². The number of carbonyl (C=O) groups is 3. The fraction of sp³-hybridized carbons (Fsp3) is 0.829. The fourth-order valence-electron chi connectivity index (χ4n) is 13.6. The first-order chi connectivity index (χ1) is 54.7. The molecule has 4 aliphatic rings. The van der Waals surface area contributed by atoms with Crippen LogP contribution in [-0.2, 0) is 51.4 Å². The highest BCUT2D eigenvalue weighted by atomic mass is 32.2. The highest BCUT2D eigenvalue weighted by Crippen LogP contribution is 2.51. The number of halogens is 1. The Morgan fingerprint density at radius 2 is 1.10 bits per heavy atom. The summed E-state index contributed by atoms with van der Waals surface area (Å²) in [4.78, 5) is 71.2. The van der Waals surface area contributed by atoms with Gasteiger partial charge in [-0.05, 0) is 147 Å². The number of unbranched alkanes of at least 4 members (excludes halogenated alkanes) is 12. The number of urea groups is 1.